The van der Waals surface area contributed by atoms with Gasteiger partial charge in [0.25, 0.3) is 0 Å². The first-order valence-electron chi connectivity index (χ1n) is 6.07. The van der Waals surface area contributed by atoms with Gasteiger partial charge in [-0.3, -0.25) is 4.79 Å². The number of hydrogen-bond acceptors (Lipinski definition) is 3. The van der Waals surface area contributed by atoms with Crippen molar-refractivity contribution >= 4 is 17.7 Å². The summed E-state index contributed by atoms with van der Waals surface area (Å²) in [6.07, 6.45) is 0. The topological polar surface area (TPSA) is 32.3 Å². The average Bonchev–Trinajstić information content (AvgIpc) is 2.08. The zero-order chi connectivity index (χ0) is 13.7. The molecule has 0 aliphatic rings. The third kappa shape index (κ3) is 10.6. The lowest BCUT2D eigenvalue weighted by molar-refractivity contribution is -0.119. The molecule has 0 aliphatic heterocycles. The number of carbonyl (C=O) groups excluding carboxylic acids is 1. The highest BCUT2D eigenvalue weighted by atomic mass is 32.2. The van der Waals surface area contributed by atoms with Gasteiger partial charge in [0, 0.05) is 17.8 Å². The van der Waals surface area contributed by atoms with Gasteiger partial charge in [-0.15, -0.1) is 11.8 Å². The van der Waals surface area contributed by atoms with E-state index in [0.717, 1.165) is 13.1 Å². The van der Waals surface area contributed by atoms with Gasteiger partial charge in [0.2, 0.25) is 5.91 Å². The van der Waals surface area contributed by atoms with Crippen LogP contribution >= 0.6 is 11.8 Å². The van der Waals surface area contributed by atoms with Crippen molar-refractivity contribution in [3.05, 3.63) is 0 Å². The maximum Gasteiger partial charge on any atom is 0.230 e. The van der Waals surface area contributed by atoms with Crippen LogP contribution < -0.4 is 5.32 Å². The third-order valence-corrected chi connectivity index (χ3v) is 3.42. The Hall–Kier alpha value is -0.220. The normalized spacial score (nSPS) is 12.9. The van der Waals surface area contributed by atoms with E-state index in [-0.39, 0.29) is 16.1 Å². The van der Waals surface area contributed by atoms with Crippen molar-refractivity contribution in [3.63, 3.8) is 0 Å². The van der Waals surface area contributed by atoms with Crippen LogP contribution in [0.15, 0.2) is 0 Å². The van der Waals surface area contributed by atoms with Gasteiger partial charge in [-0.2, -0.15) is 0 Å². The van der Waals surface area contributed by atoms with Crippen molar-refractivity contribution in [2.75, 3.05) is 32.9 Å². The van der Waals surface area contributed by atoms with Gasteiger partial charge in [-0.05, 0) is 19.5 Å². The molecular formula is C13H28N2OS. The molecule has 4 heteroatoms. The van der Waals surface area contributed by atoms with Crippen molar-refractivity contribution in [2.45, 2.75) is 39.4 Å². The van der Waals surface area contributed by atoms with Crippen LogP contribution in [0.5, 0.6) is 0 Å². The van der Waals surface area contributed by atoms with Crippen LogP contribution in [0.3, 0.4) is 0 Å². The average molecular weight is 260 g/mol. The van der Waals surface area contributed by atoms with Crippen LogP contribution in [0.25, 0.3) is 0 Å². The fraction of sp³-hybridized carbons (Fsp3) is 0.923. The molecule has 0 aromatic carbocycles. The SMILES string of the molecule is CN(C)CC(C)(C)CNC(=O)CSC(C)(C)C. The minimum Gasteiger partial charge on any atom is -0.355 e. The lowest BCUT2D eigenvalue weighted by Gasteiger charge is -2.28. The lowest BCUT2D eigenvalue weighted by atomic mass is 9.93. The number of carbonyl (C=O) groups is 1. The van der Waals surface area contributed by atoms with Crippen molar-refractivity contribution in [1.82, 2.24) is 10.2 Å². The van der Waals surface area contributed by atoms with E-state index in [0.29, 0.717) is 5.75 Å². The Labute approximate surface area is 111 Å². The molecule has 0 radical (unpaired) electrons. The van der Waals surface area contributed by atoms with E-state index in [1.807, 2.05) is 0 Å². The second-order valence-electron chi connectivity index (χ2n) is 6.58. The third-order valence-electron chi connectivity index (χ3n) is 2.14. The zero-order valence-electron chi connectivity index (χ0n) is 12.4. The van der Waals surface area contributed by atoms with E-state index in [9.17, 15) is 4.79 Å². The smallest absolute Gasteiger partial charge is 0.230 e. The Morgan fingerprint density at radius 1 is 1.18 bits per heavy atom. The molecule has 0 fully saturated rings. The molecule has 0 saturated carbocycles. The Kier molecular flexibility index (Phi) is 6.56. The van der Waals surface area contributed by atoms with Crippen LogP contribution in [0.4, 0.5) is 0 Å². The Balaban J connectivity index is 3.91. The van der Waals surface area contributed by atoms with Crippen LogP contribution in [-0.2, 0) is 4.79 Å². The largest absolute Gasteiger partial charge is 0.355 e. The van der Waals surface area contributed by atoms with Crippen molar-refractivity contribution in [2.24, 2.45) is 5.41 Å². The predicted octanol–water partition coefficient (Wildman–Crippen LogP) is 2.22. The predicted molar refractivity (Wildman–Crippen MR) is 77.6 cm³/mol. The maximum atomic E-state index is 11.7. The van der Waals surface area contributed by atoms with Gasteiger partial charge in [-0.1, -0.05) is 34.6 Å². The maximum absolute atomic E-state index is 11.7. The highest BCUT2D eigenvalue weighted by Crippen LogP contribution is 2.22. The molecular weight excluding hydrogens is 232 g/mol. The van der Waals surface area contributed by atoms with Crippen molar-refractivity contribution in [1.29, 1.82) is 0 Å². The molecule has 0 aromatic heterocycles. The second-order valence-corrected chi connectivity index (χ2v) is 8.38. The molecule has 0 saturated heterocycles. The number of thioether (sulfide) groups is 1. The van der Waals surface area contributed by atoms with Gasteiger partial charge < -0.3 is 10.2 Å². The van der Waals surface area contributed by atoms with E-state index in [1.165, 1.54) is 0 Å². The van der Waals surface area contributed by atoms with E-state index < -0.39 is 0 Å². The summed E-state index contributed by atoms with van der Waals surface area (Å²) in [7, 11) is 4.11. The van der Waals surface area contributed by atoms with Gasteiger partial charge in [-0.25, -0.2) is 0 Å². The summed E-state index contributed by atoms with van der Waals surface area (Å²) in [4.78, 5) is 13.8. The quantitative estimate of drug-likeness (QED) is 0.795. The molecule has 0 rings (SSSR count). The standard InChI is InChI=1S/C13H28N2OS/c1-12(2,3)17-8-11(16)14-9-13(4,5)10-15(6)7/h8-10H2,1-7H3,(H,14,16). The van der Waals surface area contributed by atoms with Gasteiger partial charge in [0.05, 0.1) is 5.75 Å². The minimum atomic E-state index is 0.117. The number of amides is 1. The van der Waals surface area contributed by atoms with Gasteiger partial charge in [0.15, 0.2) is 0 Å². The molecule has 1 amide bonds. The van der Waals surface area contributed by atoms with E-state index >= 15 is 0 Å². The molecule has 0 bridgehead atoms. The minimum absolute atomic E-state index is 0.117. The highest BCUT2D eigenvalue weighted by Gasteiger charge is 2.20. The molecule has 102 valence electrons. The molecule has 0 aromatic rings. The van der Waals surface area contributed by atoms with E-state index in [2.05, 4.69) is 58.9 Å². The summed E-state index contributed by atoms with van der Waals surface area (Å²) in [6.45, 7) is 12.4. The van der Waals surface area contributed by atoms with Crippen molar-refractivity contribution < 1.29 is 4.79 Å². The van der Waals surface area contributed by atoms with E-state index in [4.69, 9.17) is 0 Å². The number of nitrogens with one attached hydrogen (secondary N) is 1. The summed E-state index contributed by atoms with van der Waals surface area (Å²) in [5.41, 5.74) is 0.117. The fourth-order valence-corrected chi connectivity index (χ4v) is 2.25. The molecule has 1 N–H and O–H groups in total. The van der Waals surface area contributed by atoms with E-state index in [1.54, 1.807) is 11.8 Å². The van der Waals surface area contributed by atoms with Crippen LogP contribution in [0.1, 0.15) is 34.6 Å². The molecule has 3 nitrogen and oxygen atoms in total. The number of nitrogens with zero attached hydrogens (tertiary/aromatic N) is 1. The monoisotopic (exact) mass is 260 g/mol. The summed E-state index contributed by atoms with van der Waals surface area (Å²) >= 11 is 1.68. The molecule has 0 heterocycles. The van der Waals surface area contributed by atoms with Crippen LogP contribution in [-0.4, -0.2) is 48.5 Å². The molecule has 0 unspecified atom stereocenters. The first-order chi connectivity index (χ1) is 7.52. The Morgan fingerprint density at radius 3 is 2.12 bits per heavy atom. The summed E-state index contributed by atoms with van der Waals surface area (Å²) in [5, 5.41) is 3.01. The van der Waals surface area contributed by atoms with Crippen LogP contribution in [0.2, 0.25) is 0 Å². The first-order valence-corrected chi connectivity index (χ1v) is 7.06. The fourth-order valence-electron chi connectivity index (χ4n) is 1.58. The van der Waals surface area contributed by atoms with Crippen molar-refractivity contribution in [3.8, 4) is 0 Å². The Bertz CT molecular complexity index is 244. The highest BCUT2D eigenvalue weighted by molar-refractivity contribution is 8.01. The molecule has 17 heavy (non-hydrogen) atoms. The summed E-state index contributed by atoms with van der Waals surface area (Å²) < 4.78 is 0.149. The molecule has 0 spiro atoms. The van der Waals surface area contributed by atoms with Crippen LogP contribution in [0, 0.1) is 5.41 Å². The zero-order valence-corrected chi connectivity index (χ0v) is 13.2. The lowest BCUT2D eigenvalue weighted by Crippen LogP contribution is -2.40. The number of rotatable bonds is 6. The molecule has 0 aliphatic carbocycles. The van der Waals surface area contributed by atoms with Gasteiger partial charge >= 0.3 is 0 Å². The number of hydrogen-bond donors (Lipinski definition) is 1. The first kappa shape index (κ1) is 16.8. The second kappa shape index (κ2) is 6.64. The summed E-state index contributed by atoms with van der Waals surface area (Å²) in [6, 6.07) is 0. The van der Waals surface area contributed by atoms with Gasteiger partial charge in [0.1, 0.15) is 0 Å². The Morgan fingerprint density at radius 2 is 1.71 bits per heavy atom. The molecule has 0 atom stereocenters. The summed E-state index contributed by atoms with van der Waals surface area (Å²) in [5.74, 6) is 0.679.